The van der Waals surface area contributed by atoms with E-state index < -0.39 is 5.82 Å². The zero-order valence-electron chi connectivity index (χ0n) is 15.9. The fraction of sp³-hybridized carbons (Fsp3) is 0.364. The number of para-hydroxylation sites is 1. The van der Waals surface area contributed by atoms with Gasteiger partial charge in [0, 0.05) is 32.6 Å². The van der Waals surface area contributed by atoms with Crippen LogP contribution in [-0.2, 0) is 4.79 Å². The summed E-state index contributed by atoms with van der Waals surface area (Å²) in [5.41, 5.74) is 0.0836. The molecule has 28 heavy (non-hydrogen) atoms. The normalized spacial score (nSPS) is 14.5. The second kappa shape index (κ2) is 9.88. The topological polar surface area (TPSA) is 49.9 Å². The first-order chi connectivity index (χ1) is 13.6. The highest BCUT2D eigenvalue weighted by molar-refractivity contribution is 5.94. The van der Waals surface area contributed by atoms with Crippen LogP contribution in [0.5, 0.6) is 5.75 Å². The van der Waals surface area contributed by atoms with Crippen LogP contribution in [0.15, 0.2) is 54.6 Å². The summed E-state index contributed by atoms with van der Waals surface area (Å²) < 4.78 is 19.5. The van der Waals surface area contributed by atoms with Crippen LogP contribution in [0.4, 0.5) is 4.39 Å². The Balaban J connectivity index is 1.44. The number of ether oxygens (including phenoxy) is 1. The molecule has 2 aromatic rings. The van der Waals surface area contributed by atoms with Gasteiger partial charge < -0.3 is 14.5 Å². The molecule has 148 valence electrons. The lowest BCUT2D eigenvalue weighted by Crippen LogP contribution is -2.37. The molecule has 1 heterocycles. The summed E-state index contributed by atoms with van der Waals surface area (Å²) in [7, 11) is 0. The third kappa shape index (κ3) is 5.31. The van der Waals surface area contributed by atoms with Gasteiger partial charge in [-0.1, -0.05) is 30.3 Å². The fourth-order valence-electron chi connectivity index (χ4n) is 3.26. The molecule has 0 bridgehead atoms. The average molecular weight is 384 g/mol. The third-order valence-corrected chi connectivity index (χ3v) is 4.79. The summed E-state index contributed by atoms with van der Waals surface area (Å²) in [4.78, 5) is 28.4. The van der Waals surface area contributed by atoms with Crippen LogP contribution in [0.25, 0.3) is 0 Å². The van der Waals surface area contributed by atoms with Gasteiger partial charge in [-0.15, -0.1) is 0 Å². The molecule has 0 spiro atoms. The molecule has 2 amide bonds. The van der Waals surface area contributed by atoms with Gasteiger partial charge in [-0.05, 0) is 37.1 Å². The van der Waals surface area contributed by atoms with Crippen molar-refractivity contribution in [2.75, 3.05) is 32.8 Å². The van der Waals surface area contributed by atoms with Crippen molar-refractivity contribution in [2.24, 2.45) is 0 Å². The fourth-order valence-corrected chi connectivity index (χ4v) is 3.26. The molecule has 0 atom stereocenters. The minimum absolute atomic E-state index is 0.0665. The van der Waals surface area contributed by atoms with Crippen molar-refractivity contribution in [2.45, 2.75) is 19.3 Å². The second-order valence-electron chi connectivity index (χ2n) is 6.77. The molecule has 0 N–H and O–H groups in total. The number of rotatable bonds is 6. The van der Waals surface area contributed by atoms with Crippen molar-refractivity contribution in [3.05, 3.63) is 66.0 Å². The zero-order chi connectivity index (χ0) is 19.8. The molecule has 0 saturated carbocycles. The lowest BCUT2D eigenvalue weighted by Gasteiger charge is -2.22. The molecule has 3 rings (SSSR count). The van der Waals surface area contributed by atoms with Crippen LogP contribution in [0.1, 0.15) is 29.6 Å². The second-order valence-corrected chi connectivity index (χ2v) is 6.77. The van der Waals surface area contributed by atoms with E-state index in [9.17, 15) is 14.0 Å². The first-order valence-electron chi connectivity index (χ1n) is 9.64. The monoisotopic (exact) mass is 384 g/mol. The number of hydrogen-bond donors (Lipinski definition) is 0. The van der Waals surface area contributed by atoms with Crippen LogP contribution in [0, 0.1) is 5.82 Å². The molecule has 0 radical (unpaired) electrons. The number of hydrogen-bond acceptors (Lipinski definition) is 3. The molecule has 0 aliphatic carbocycles. The Kier molecular flexibility index (Phi) is 7.00. The Bertz CT molecular complexity index is 797. The number of halogens is 1. The highest BCUT2D eigenvalue weighted by Gasteiger charge is 2.24. The zero-order valence-corrected chi connectivity index (χ0v) is 15.9. The number of carbonyl (C=O) groups excluding carboxylic acids is 2. The average Bonchev–Trinajstić information content (AvgIpc) is 2.98. The summed E-state index contributed by atoms with van der Waals surface area (Å²) in [6.07, 6.45) is 1.74. The molecule has 2 aromatic carbocycles. The van der Waals surface area contributed by atoms with E-state index in [1.165, 1.54) is 12.1 Å². The van der Waals surface area contributed by atoms with Crippen molar-refractivity contribution in [1.82, 2.24) is 9.80 Å². The minimum atomic E-state index is -0.511. The van der Waals surface area contributed by atoms with E-state index in [1.807, 2.05) is 30.3 Å². The molecular formula is C22H25FN2O3. The quantitative estimate of drug-likeness (QED) is 0.718. The SMILES string of the molecule is O=C(CCCOc1ccccc1)N1CCCN(C(=O)c2ccccc2F)CC1. The smallest absolute Gasteiger partial charge is 0.256 e. The van der Waals surface area contributed by atoms with Gasteiger partial charge in [-0.3, -0.25) is 9.59 Å². The lowest BCUT2D eigenvalue weighted by molar-refractivity contribution is -0.131. The first-order valence-corrected chi connectivity index (χ1v) is 9.64. The van der Waals surface area contributed by atoms with Crippen molar-refractivity contribution in [3.8, 4) is 5.75 Å². The molecule has 0 aromatic heterocycles. The van der Waals surface area contributed by atoms with Crippen molar-refractivity contribution in [1.29, 1.82) is 0 Å². The van der Waals surface area contributed by atoms with Gasteiger partial charge in [0.25, 0.3) is 5.91 Å². The van der Waals surface area contributed by atoms with E-state index in [-0.39, 0.29) is 17.4 Å². The van der Waals surface area contributed by atoms with Crippen LogP contribution in [0.3, 0.4) is 0 Å². The Morgan fingerprint density at radius 1 is 0.893 bits per heavy atom. The van der Waals surface area contributed by atoms with Crippen LogP contribution >= 0.6 is 0 Å². The van der Waals surface area contributed by atoms with Crippen molar-refractivity contribution < 1.29 is 18.7 Å². The van der Waals surface area contributed by atoms with E-state index in [1.54, 1.807) is 21.9 Å². The summed E-state index contributed by atoms with van der Waals surface area (Å²) in [5.74, 6) is 0.0376. The molecule has 1 aliphatic heterocycles. The maximum Gasteiger partial charge on any atom is 0.256 e. The van der Waals surface area contributed by atoms with Gasteiger partial charge in [0.15, 0.2) is 0 Å². The van der Waals surface area contributed by atoms with E-state index in [4.69, 9.17) is 4.74 Å². The molecule has 5 nitrogen and oxygen atoms in total. The van der Waals surface area contributed by atoms with Gasteiger partial charge in [0.05, 0.1) is 12.2 Å². The van der Waals surface area contributed by atoms with Crippen LogP contribution < -0.4 is 4.74 Å². The number of nitrogens with zero attached hydrogens (tertiary/aromatic N) is 2. The Hall–Kier alpha value is -2.89. The van der Waals surface area contributed by atoms with Gasteiger partial charge in [-0.2, -0.15) is 0 Å². The lowest BCUT2D eigenvalue weighted by atomic mass is 10.2. The van der Waals surface area contributed by atoms with Crippen molar-refractivity contribution in [3.63, 3.8) is 0 Å². The molecular weight excluding hydrogens is 359 g/mol. The van der Waals surface area contributed by atoms with Crippen LogP contribution in [-0.4, -0.2) is 54.4 Å². The van der Waals surface area contributed by atoms with Crippen LogP contribution in [0.2, 0.25) is 0 Å². The predicted molar refractivity (Wildman–Crippen MR) is 105 cm³/mol. The van der Waals surface area contributed by atoms with E-state index in [2.05, 4.69) is 0 Å². The molecule has 1 fully saturated rings. The Morgan fingerprint density at radius 3 is 2.36 bits per heavy atom. The summed E-state index contributed by atoms with van der Waals surface area (Å²) in [6.45, 7) is 2.51. The highest BCUT2D eigenvalue weighted by atomic mass is 19.1. The Morgan fingerprint density at radius 2 is 1.57 bits per heavy atom. The predicted octanol–water partition coefficient (Wildman–Crippen LogP) is 3.36. The standard InChI is InChI=1S/C22H25FN2O3/c23-20-11-5-4-10-19(20)22(27)25-14-7-13-24(15-16-25)21(26)12-6-17-28-18-8-2-1-3-9-18/h1-5,8-11H,6-7,12-17H2. The summed E-state index contributed by atoms with van der Waals surface area (Å²) in [5, 5.41) is 0. The highest BCUT2D eigenvalue weighted by Crippen LogP contribution is 2.14. The third-order valence-electron chi connectivity index (χ3n) is 4.79. The largest absolute Gasteiger partial charge is 0.494 e. The van der Waals surface area contributed by atoms with E-state index >= 15 is 0 Å². The van der Waals surface area contributed by atoms with Gasteiger partial charge in [0.2, 0.25) is 5.91 Å². The Labute approximate surface area is 164 Å². The number of carbonyl (C=O) groups is 2. The van der Waals surface area contributed by atoms with E-state index in [0.717, 1.165) is 5.75 Å². The van der Waals surface area contributed by atoms with Crippen molar-refractivity contribution >= 4 is 11.8 Å². The molecule has 6 heteroatoms. The molecule has 1 saturated heterocycles. The number of benzene rings is 2. The van der Waals surface area contributed by atoms with Gasteiger partial charge >= 0.3 is 0 Å². The summed E-state index contributed by atoms with van der Waals surface area (Å²) >= 11 is 0. The molecule has 1 aliphatic rings. The number of amides is 2. The maximum atomic E-state index is 13.9. The molecule has 0 unspecified atom stereocenters. The van der Waals surface area contributed by atoms with E-state index in [0.29, 0.717) is 52.0 Å². The summed E-state index contributed by atoms with van der Waals surface area (Å²) in [6, 6.07) is 15.5. The van der Waals surface area contributed by atoms with Gasteiger partial charge in [0.1, 0.15) is 11.6 Å². The minimum Gasteiger partial charge on any atom is -0.494 e. The van der Waals surface area contributed by atoms with Gasteiger partial charge in [-0.25, -0.2) is 4.39 Å². The first kappa shape index (κ1) is 19.9. The maximum absolute atomic E-state index is 13.9.